The Morgan fingerprint density at radius 1 is 0.897 bits per heavy atom. The van der Waals surface area contributed by atoms with Crippen molar-refractivity contribution < 1.29 is 24.2 Å². The van der Waals surface area contributed by atoms with Crippen LogP contribution in [0, 0.1) is 0 Å². The molecule has 0 aliphatic rings. The van der Waals surface area contributed by atoms with Crippen molar-refractivity contribution in [2.45, 2.75) is 18.6 Å². The van der Waals surface area contributed by atoms with Crippen LogP contribution in [0.4, 0.5) is 16.3 Å². The van der Waals surface area contributed by atoms with Crippen LogP contribution in [0.5, 0.6) is 0 Å². The van der Waals surface area contributed by atoms with Gasteiger partial charge in [-0.15, -0.1) is 0 Å². The number of amides is 2. The molecular weight excluding hydrogens is 496 g/mol. The van der Waals surface area contributed by atoms with Crippen molar-refractivity contribution in [2.75, 3.05) is 17.3 Å². The number of rotatable bonds is 9. The maximum absolute atomic E-state index is 12.7. The number of urea groups is 1. The Labute approximate surface area is 225 Å². The number of ether oxygens (including phenoxy) is 1. The lowest BCUT2D eigenvalue weighted by atomic mass is 9.91. The first kappa shape index (κ1) is 27.0. The van der Waals surface area contributed by atoms with Crippen LogP contribution in [0.15, 0.2) is 103 Å². The first-order chi connectivity index (χ1) is 18.8. The van der Waals surface area contributed by atoms with Gasteiger partial charge in [0.05, 0.1) is 0 Å². The molecule has 2 amide bonds. The molecule has 1 atom stereocenters. The van der Waals surface area contributed by atoms with E-state index in [0.717, 1.165) is 16.7 Å². The van der Waals surface area contributed by atoms with Crippen LogP contribution in [0.25, 0.3) is 11.1 Å². The van der Waals surface area contributed by atoms with E-state index in [0.29, 0.717) is 17.1 Å². The fourth-order valence-corrected chi connectivity index (χ4v) is 3.86. The number of aliphatic carboxylic acids is 1. The average Bonchev–Trinajstić information content (AvgIpc) is 2.96. The van der Waals surface area contributed by atoms with Gasteiger partial charge in [0, 0.05) is 25.4 Å². The molecule has 0 fully saturated rings. The first-order valence-corrected chi connectivity index (χ1v) is 12.1. The van der Waals surface area contributed by atoms with Crippen molar-refractivity contribution >= 4 is 29.5 Å². The predicted octanol–water partition coefficient (Wildman–Crippen LogP) is 4.48. The smallest absolute Gasteiger partial charge is 0.338 e. The molecule has 0 bridgehead atoms. The van der Waals surface area contributed by atoms with Crippen molar-refractivity contribution in [3.8, 4) is 11.1 Å². The number of aromatic nitrogens is 1. The molecule has 39 heavy (non-hydrogen) atoms. The van der Waals surface area contributed by atoms with Gasteiger partial charge in [-0.3, -0.25) is 4.90 Å². The second-order valence-electron chi connectivity index (χ2n) is 8.97. The number of carbonyl (C=O) groups excluding carboxylic acids is 2. The summed E-state index contributed by atoms with van der Waals surface area (Å²) in [6.45, 7) is -0.0740. The Hall–Kier alpha value is -5.02. The molecule has 9 nitrogen and oxygen atoms in total. The van der Waals surface area contributed by atoms with Crippen LogP contribution >= 0.6 is 0 Å². The number of esters is 1. The summed E-state index contributed by atoms with van der Waals surface area (Å²) < 4.78 is 5.22. The van der Waals surface area contributed by atoms with Gasteiger partial charge < -0.3 is 20.9 Å². The molecule has 9 heteroatoms. The SMILES string of the molecule is CN(C(=O)Nc1cccc(-c2ccc(C[C@](N)(C(=O)O)C(=O)OCc3ccccc3)cc2)c1)c1ccccn1. The second kappa shape index (κ2) is 12.0. The van der Waals surface area contributed by atoms with Gasteiger partial charge in [-0.05, 0) is 46.5 Å². The molecule has 0 aliphatic heterocycles. The third-order valence-electron chi connectivity index (χ3n) is 6.14. The molecule has 4 aromatic rings. The zero-order valence-corrected chi connectivity index (χ0v) is 21.3. The fourth-order valence-electron chi connectivity index (χ4n) is 3.86. The van der Waals surface area contributed by atoms with Crippen LogP contribution in [-0.4, -0.2) is 40.6 Å². The number of benzene rings is 3. The maximum atomic E-state index is 12.7. The summed E-state index contributed by atoms with van der Waals surface area (Å²) in [5.74, 6) is -1.96. The molecule has 0 aliphatic carbocycles. The largest absolute Gasteiger partial charge is 0.479 e. The number of pyridine rings is 1. The summed E-state index contributed by atoms with van der Waals surface area (Å²) in [4.78, 5) is 42.9. The van der Waals surface area contributed by atoms with Crippen LogP contribution < -0.4 is 16.0 Å². The molecule has 4 N–H and O–H groups in total. The lowest BCUT2D eigenvalue weighted by Gasteiger charge is -2.23. The maximum Gasteiger partial charge on any atom is 0.338 e. The Bertz CT molecular complexity index is 1450. The van der Waals surface area contributed by atoms with Gasteiger partial charge in [-0.25, -0.2) is 19.4 Å². The van der Waals surface area contributed by atoms with Gasteiger partial charge in [0.2, 0.25) is 5.54 Å². The number of carboxylic acid groups (broad SMARTS) is 1. The zero-order chi connectivity index (χ0) is 27.8. The van der Waals surface area contributed by atoms with E-state index in [1.165, 1.54) is 4.90 Å². The minimum absolute atomic E-state index is 0.0740. The molecule has 0 unspecified atom stereocenters. The second-order valence-corrected chi connectivity index (χ2v) is 8.97. The molecule has 0 radical (unpaired) electrons. The van der Waals surface area contributed by atoms with Crippen molar-refractivity contribution in [1.82, 2.24) is 4.98 Å². The molecule has 1 heterocycles. The summed E-state index contributed by atoms with van der Waals surface area (Å²) in [6, 6.07) is 28.3. The molecule has 3 aromatic carbocycles. The molecule has 4 rings (SSSR count). The van der Waals surface area contributed by atoms with E-state index in [1.54, 1.807) is 86.0 Å². The average molecular weight is 525 g/mol. The van der Waals surface area contributed by atoms with E-state index >= 15 is 0 Å². The number of nitrogens with zero attached hydrogens (tertiary/aromatic N) is 2. The zero-order valence-electron chi connectivity index (χ0n) is 21.3. The Morgan fingerprint density at radius 3 is 2.28 bits per heavy atom. The minimum Gasteiger partial charge on any atom is -0.479 e. The predicted molar refractivity (Wildman–Crippen MR) is 148 cm³/mol. The van der Waals surface area contributed by atoms with E-state index in [-0.39, 0.29) is 19.1 Å². The highest BCUT2D eigenvalue weighted by molar-refractivity contribution is 6.04. The van der Waals surface area contributed by atoms with Gasteiger partial charge in [0.25, 0.3) is 0 Å². The van der Waals surface area contributed by atoms with Crippen molar-refractivity contribution in [3.63, 3.8) is 0 Å². The number of nitrogens with one attached hydrogen (secondary N) is 1. The number of nitrogens with two attached hydrogens (primary N) is 1. The van der Waals surface area contributed by atoms with Crippen molar-refractivity contribution in [2.24, 2.45) is 5.73 Å². The van der Waals surface area contributed by atoms with Crippen LogP contribution in [0.3, 0.4) is 0 Å². The van der Waals surface area contributed by atoms with Crippen LogP contribution in [0.2, 0.25) is 0 Å². The Balaban J connectivity index is 1.43. The van der Waals surface area contributed by atoms with E-state index in [1.807, 2.05) is 24.3 Å². The molecular formula is C30H28N4O5. The lowest BCUT2D eigenvalue weighted by Crippen LogP contribution is -2.57. The third-order valence-corrected chi connectivity index (χ3v) is 6.14. The van der Waals surface area contributed by atoms with Crippen molar-refractivity contribution in [1.29, 1.82) is 0 Å². The van der Waals surface area contributed by atoms with E-state index < -0.39 is 17.5 Å². The van der Waals surface area contributed by atoms with Gasteiger partial charge in [-0.1, -0.05) is 72.8 Å². The summed E-state index contributed by atoms with van der Waals surface area (Å²) in [6.07, 6.45) is 1.37. The third kappa shape index (κ3) is 6.65. The highest BCUT2D eigenvalue weighted by Gasteiger charge is 2.44. The number of anilines is 2. The van der Waals surface area contributed by atoms with Gasteiger partial charge in [-0.2, -0.15) is 0 Å². The van der Waals surface area contributed by atoms with E-state index in [2.05, 4.69) is 10.3 Å². The summed E-state index contributed by atoms with van der Waals surface area (Å²) in [5, 5.41) is 12.6. The Kier molecular flexibility index (Phi) is 8.33. The number of carbonyl (C=O) groups is 3. The molecule has 0 spiro atoms. The molecule has 198 valence electrons. The van der Waals surface area contributed by atoms with Gasteiger partial charge in [0.1, 0.15) is 12.4 Å². The molecule has 1 aromatic heterocycles. The number of hydrogen-bond acceptors (Lipinski definition) is 6. The molecule has 0 saturated heterocycles. The first-order valence-electron chi connectivity index (χ1n) is 12.1. The number of carboxylic acids is 1. The quantitative estimate of drug-likeness (QED) is 0.217. The monoisotopic (exact) mass is 524 g/mol. The summed E-state index contributed by atoms with van der Waals surface area (Å²) in [5.41, 5.74) is 7.35. The Morgan fingerprint density at radius 2 is 1.62 bits per heavy atom. The molecule has 0 saturated carbocycles. The summed E-state index contributed by atoms with van der Waals surface area (Å²) >= 11 is 0. The lowest BCUT2D eigenvalue weighted by molar-refractivity contribution is -0.161. The minimum atomic E-state index is -2.24. The highest BCUT2D eigenvalue weighted by atomic mass is 16.5. The summed E-state index contributed by atoms with van der Waals surface area (Å²) in [7, 11) is 1.63. The standard InChI is InChI=1S/C30H28N4O5/c1-34(26-12-5-6-17-32-26)29(38)33-25-11-7-10-24(18-25)23-15-13-21(14-16-23)19-30(31,27(35)36)28(37)39-20-22-8-3-2-4-9-22/h2-18H,19-20,31H2,1H3,(H,33,38)(H,35,36)/t30-/m0/s1. The highest BCUT2D eigenvalue weighted by Crippen LogP contribution is 2.25. The van der Waals surface area contributed by atoms with E-state index in [9.17, 15) is 19.5 Å². The topological polar surface area (TPSA) is 135 Å². The van der Waals surface area contributed by atoms with Crippen LogP contribution in [-0.2, 0) is 27.4 Å². The number of hydrogen-bond donors (Lipinski definition) is 3. The van der Waals surface area contributed by atoms with Crippen molar-refractivity contribution in [3.05, 3.63) is 114 Å². The fraction of sp³-hybridized carbons (Fsp3) is 0.133. The van der Waals surface area contributed by atoms with Gasteiger partial charge in [0.15, 0.2) is 0 Å². The van der Waals surface area contributed by atoms with Gasteiger partial charge >= 0.3 is 18.0 Å². The normalized spacial score (nSPS) is 12.2. The van der Waals surface area contributed by atoms with E-state index in [4.69, 9.17) is 10.5 Å². The van der Waals surface area contributed by atoms with Crippen LogP contribution in [0.1, 0.15) is 11.1 Å².